The van der Waals surface area contributed by atoms with Gasteiger partial charge in [0.25, 0.3) is 0 Å². The minimum Gasteiger partial charge on any atom is -0.382 e. The van der Waals surface area contributed by atoms with Crippen molar-refractivity contribution in [2.75, 3.05) is 18.4 Å². The normalized spacial score (nSPS) is 21.8. The molecule has 4 nitrogen and oxygen atoms in total. The summed E-state index contributed by atoms with van der Waals surface area (Å²) in [6, 6.07) is 8.91. The zero-order chi connectivity index (χ0) is 15.6. The molecule has 0 spiro atoms. The number of piperidine rings is 1. The third-order valence-corrected chi connectivity index (χ3v) is 5.09. The van der Waals surface area contributed by atoms with E-state index < -0.39 is 5.54 Å². The smallest absolute Gasteiger partial charge is 0.242 e. The summed E-state index contributed by atoms with van der Waals surface area (Å²) in [5.41, 5.74) is 8.17. The summed E-state index contributed by atoms with van der Waals surface area (Å²) in [4.78, 5) is 14.6. The van der Waals surface area contributed by atoms with Crippen LogP contribution in [0, 0.1) is 6.92 Å². The molecule has 1 saturated carbocycles. The topological polar surface area (TPSA) is 58.4 Å². The van der Waals surface area contributed by atoms with Crippen molar-refractivity contribution in [3.63, 3.8) is 0 Å². The quantitative estimate of drug-likeness (QED) is 0.902. The minimum atomic E-state index is -0.573. The molecule has 0 aromatic heterocycles. The van der Waals surface area contributed by atoms with Crippen LogP contribution < -0.4 is 11.1 Å². The lowest BCUT2D eigenvalue weighted by Gasteiger charge is -2.37. The Balaban J connectivity index is 1.53. The Kier molecular flexibility index (Phi) is 4.39. The molecule has 4 heteroatoms. The second-order valence-corrected chi connectivity index (χ2v) is 6.94. The number of likely N-dealkylation sites (tertiary alicyclic amines) is 1. The van der Waals surface area contributed by atoms with Gasteiger partial charge < -0.3 is 16.0 Å². The minimum absolute atomic E-state index is 0.180. The van der Waals surface area contributed by atoms with E-state index in [4.69, 9.17) is 5.73 Å². The number of hydrogen-bond donors (Lipinski definition) is 2. The van der Waals surface area contributed by atoms with Gasteiger partial charge in [-0.2, -0.15) is 0 Å². The summed E-state index contributed by atoms with van der Waals surface area (Å²) in [6.07, 6.45) is 5.88. The molecule has 2 aliphatic rings. The summed E-state index contributed by atoms with van der Waals surface area (Å²) >= 11 is 0. The summed E-state index contributed by atoms with van der Waals surface area (Å²) in [7, 11) is 0. The Bertz CT molecular complexity index is 529. The Morgan fingerprint density at radius 2 is 1.95 bits per heavy atom. The fourth-order valence-corrected chi connectivity index (χ4v) is 3.73. The van der Waals surface area contributed by atoms with E-state index in [1.165, 1.54) is 11.3 Å². The highest BCUT2D eigenvalue weighted by Crippen LogP contribution is 2.30. The molecular formula is C18H27N3O. The molecule has 1 amide bonds. The van der Waals surface area contributed by atoms with Crippen LogP contribution in [0.2, 0.25) is 0 Å². The van der Waals surface area contributed by atoms with Crippen LogP contribution in [-0.4, -0.2) is 35.5 Å². The second kappa shape index (κ2) is 6.29. The van der Waals surface area contributed by atoms with Gasteiger partial charge in [0, 0.05) is 24.8 Å². The van der Waals surface area contributed by atoms with Crippen molar-refractivity contribution in [1.82, 2.24) is 4.90 Å². The third-order valence-electron chi connectivity index (χ3n) is 5.09. The van der Waals surface area contributed by atoms with Crippen molar-refractivity contribution in [2.45, 2.75) is 57.0 Å². The Hall–Kier alpha value is -1.55. The van der Waals surface area contributed by atoms with Crippen LogP contribution in [0.3, 0.4) is 0 Å². The van der Waals surface area contributed by atoms with Gasteiger partial charge in [0.2, 0.25) is 5.91 Å². The van der Waals surface area contributed by atoms with E-state index in [2.05, 4.69) is 36.5 Å². The molecule has 1 aromatic carbocycles. The standard InChI is InChI=1S/C18H27N3O/c1-14-5-4-6-16(13-14)20-15-7-11-21(12-8-15)17(22)18(19)9-2-3-10-18/h4-6,13,15,20H,2-3,7-12,19H2,1H3. The maximum absolute atomic E-state index is 12.6. The SMILES string of the molecule is Cc1cccc(NC2CCN(C(=O)C3(N)CCCC3)CC2)c1. The molecule has 0 atom stereocenters. The van der Waals surface area contributed by atoms with Gasteiger partial charge in [0.1, 0.15) is 0 Å². The molecule has 1 saturated heterocycles. The molecule has 3 N–H and O–H groups in total. The molecule has 1 aliphatic carbocycles. The number of amides is 1. The average Bonchev–Trinajstić information content (AvgIpc) is 2.95. The predicted octanol–water partition coefficient (Wildman–Crippen LogP) is 2.67. The number of carbonyl (C=O) groups is 1. The summed E-state index contributed by atoms with van der Waals surface area (Å²) in [6.45, 7) is 3.75. The molecule has 1 aliphatic heterocycles. The van der Waals surface area contributed by atoms with Crippen molar-refractivity contribution in [2.24, 2.45) is 5.73 Å². The molecule has 0 radical (unpaired) electrons. The van der Waals surface area contributed by atoms with E-state index in [1.807, 2.05) is 4.90 Å². The molecule has 2 fully saturated rings. The van der Waals surface area contributed by atoms with Crippen LogP contribution in [0.4, 0.5) is 5.69 Å². The largest absolute Gasteiger partial charge is 0.382 e. The van der Waals surface area contributed by atoms with Gasteiger partial charge in [-0.15, -0.1) is 0 Å². The zero-order valence-corrected chi connectivity index (χ0v) is 13.5. The van der Waals surface area contributed by atoms with Gasteiger partial charge in [0.15, 0.2) is 0 Å². The highest BCUT2D eigenvalue weighted by molar-refractivity contribution is 5.86. The molecule has 3 rings (SSSR count). The molecule has 22 heavy (non-hydrogen) atoms. The maximum Gasteiger partial charge on any atom is 0.242 e. The van der Waals surface area contributed by atoms with Crippen molar-refractivity contribution in [3.05, 3.63) is 29.8 Å². The van der Waals surface area contributed by atoms with Crippen molar-refractivity contribution in [3.8, 4) is 0 Å². The first-order valence-corrected chi connectivity index (χ1v) is 8.48. The number of rotatable bonds is 3. The van der Waals surface area contributed by atoms with Gasteiger partial charge in [-0.05, 0) is 50.3 Å². The molecular weight excluding hydrogens is 274 g/mol. The van der Waals surface area contributed by atoms with Gasteiger partial charge >= 0.3 is 0 Å². The number of nitrogens with two attached hydrogens (primary N) is 1. The van der Waals surface area contributed by atoms with Crippen LogP contribution in [0.5, 0.6) is 0 Å². The van der Waals surface area contributed by atoms with Gasteiger partial charge in [-0.25, -0.2) is 0 Å². The van der Waals surface area contributed by atoms with Crippen LogP contribution in [-0.2, 0) is 4.79 Å². The number of aryl methyl sites for hydroxylation is 1. The highest BCUT2D eigenvalue weighted by Gasteiger charge is 2.40. The van der Waals surface area contributed by atoms with E-state index in [1.54, 1.807) is 0 Å². The Morgan fingerprint density at radius 3 is 2.59 bits per heavy atom. The lowest BCUT2D eigenvalue weighted by atomic mass is 9.95. The summed E-state index contributed by atoms with van der Waals surface area (Å²) in [5.74, 6) is 0.180. The van der Waals surface area contributed by atoms with E-state index >= 15 is 0 Å². The number of nitrogens with zero attached hydrogens (tertiary/aromatic N) is 1. The lowest BCUT2D eigenvalue weighted by Crippen LogP contribution is -2.56. The Morgan fingerprint density at radius 1 is 1.27 bits per heavy atom. The predicted molar refractivity (Wildman–Crippen MR) is 89.8 cm³/mol. The number of anilines is 1. The lowest BCUT2D eigenvalue weighted by molar-refractivity contribution is -0.137. The van der Waals surface area contributed by atoms with Crippen LogP contribution in [0.1, 0.15) is 44.1 Å². The number of nitrogens with one attached hydrogen (secondary N) is 1. The zero-order valence-electron chi connectivity index (χ0n) is 13.5. The first-order chi connectivity index (χ1) is 10.6. The third kappa shape index (κ3) is 3.27. The molecule has 1 heterocycles. The fraction of sp³-hybridized carbons (Fsp3) is 0.611. The van der Waals surface area contributed by atoms with Crippen molar-refractivity contribution >= 4 is 11.6 Å². The van der Waals surface area contributed by atoms with E-state index in [-0.39, 0.29) is 5.91 Å². The number of benzene rings is 1. The first kappa shape index (κ1) is 15.3. The van der Waals surface area contributed by atoms with Crippen LogP contribution in [0.25, 0.3) is 0 Å². The summed E-state index contributed by atoms with van der Waals surface area (Å²) in [5, 5.41) is 3.59. The maximum atomic E-state index is 12.6. The van der Waals surface area contributed by atoms with Crippen LogP contribution >= 0.6 is 0 Å². The highest BCUT2D eigenvalue weighted by atomic mass is 16.2. The van der Waals surface area contributed by atoms with Crippen molar-refractivity contribution in [1.29, 1.82) is 0 Å². The molecule has 120 valence electrons. The Labute approximate surface area is 133 Å². The molecule has 1 aromatic rings. The van der Waals surface area contributed by atoms with Gasteiger partial charge in [0.05, 0.1) is 5.54 Å². The van der Waals surface area contributed by atoms with E-state index in [0.717, 1.165) is 51.6 Å². The first-order valence-electron chi connectivity index (χ1n) is 8.48. The van der Waals surface area contributed by atoms with Crippen LogP contribution in [0.15, 0.2) is 24.3 Å². The van der Waals surface area contributed by atoms with E-state index in [9.17, 15) is 4.79 Å². The fourth-order valence-electron chi connectivity index (χ4n) is 3.73. The van der Waals surface area contributed by atoms with Gasteiger partial charge in [-0.3, -0.25) is 4.79 Å². The average molecular weight is 301 g/mol. The number of carbonyl (C=O) groups excluding carboxylic acids is 1. The second-order valence-electron chi connectivity index (χ2n) is 6.94. The monoisotopic (exact) mass is 301 g/mol. The van der Waals surface area contributed by atoms with E-state index in [0.29, 0.717) is 6.04 Å². The molecule has 0 bridgehead atoms. The van der Waals surface area contributed by atoms with Crippen molar-refractivity contribution < 1.29 is 4.79 Å². The van der Waals surface area contributed by atoms with Gasteiger partial charge in [-0.1, -0.05) is 25.0 Å². The summed E-state index contributed by atoms with van der Waals surface area (Å²) < 4.78 is 0. The number of hydrogen-bond acceptors (Lipinski definition) is 3. The molecule has 0 unspecified atom stereocenters.